The summed E-state index contributed by atoms with van der Waals surface area (Å²) in [7, 11) is -3.37. The second kappa shape index (κ2) is 4.77. The van der Waals surface area contributed by atoms with Gasteiger partial charge in [-0.25, -0.2) is 8.42 Å². The molecule has 0 saturated heterocycles. The Hall–Kier alpha value is -1.11. The fourth-order valence-corrected chi connectivity index (χ4v) is 3.94. The monoisotopic (exact) mass is 281 g/mol. The van der Waals surface area contributed by atoms with Gasteiger partial charge in [-0.15, -0.1) is 0 Å². The maximum absolute atomic E-state index is 12.5. The van der Waals surface area contributed by atoms with Gasteiger partial charge in [0.2, 0.25) is 10.0 Å². The highest BCUT2D eigenvalue weighted by atomic mass is 32.2. The first-order valence-electron chi connectivity index (χ1n) is 6.69. The molecular weight excluding hydrogens is 262 g/mol. The first kappa shape index (κ1) is 12.9. The number of aromatic nitrogens is 1. The van der Waals surface area contributed by atoms with Gasteiger partial charge in [-0.3, -0.25) is 0 Å². The molecule has 3 rings (SSSR count). The molecule has 0 amide bonds. The number of sulfonamides is 1. The molecule has 0 aromatic carbocycles. The van der Waals surface area contributed by atoms with E-state index in [1.165, 1.54) is 4.31 Å². The van der Waals surface area contributed by atoms with Gasteiger partial charge in [0.05, 0.1) is 0 Å². The lowest BCUT2D eigenvalue weighted by Gasteiger charge is -2.21. The second-order valence-corrected chi connectivity index (χ2v) is 7.07. The van der Waals surface area contributed by atoms with E-state index in [4.69, 9.17) is 5.73 Å². The molecule has 0 spiro atoms. The van der Waals surface area contributed by atoms with E-state index in [2.05, 4.69) is 0 Å². The average molecular weight is 281 g/mol. The van der Waals surface area contributed by atoms with Gasteiger partial charge in [0.25, 0.3) is 0 Å². The Morgan fingerprint density at radius 2 is 2.11 bits per heavy atom. The van der Waals surface area contributed by atoms with Crippen LogP contribution in [0.25, 0.3) is 0 Å². The summed E-state index contributed by atoms with van der Waals surface area (Å²) in [6.07, 6.45) is 8.70. The lowest BCUT2D eigenvalue weighted by Crippen LogP contribution is -2.33. The van der Waals surface area contributed by atoms with Crippen LogP contribution in [0, 0.1) is 0 Å². The summed E-state index contributed by atoms with van der Waals surface area (Å²) in [5.41, 5.74) is 6.62. The molecule has 2 N–H and O–H groups in total. The molecule has 2 aliphatic rings. The van der Waals surface area contributed by atoms with Crippen molar-refractivity contribution in [2.45, 2.75) is 36.7 Å². The first-order valence-corrected chi connectivity index (χ1v) is 8.13. The normalized spacial score (nSPS) is 20.9. The lowest BCUT2D eigenvalue weighted by atomic mass is 10.3. The van der Waals surface area contributed by atoms with E-state index < -0.39 is 10.0 Å². The van der Waals surface area contributed by atoms with Gasteiger partial charge < -0.3 is 10.3 Å². The molecule has 5 nitrogen and oxygen atoms in total. The Labute approximate surface area is 113 Å². The molecule has 1 aromatic rings. The van der Waals surface area contributed by atoms with Crippen molar-refractivity contribution in [3.63, 3.8) is 0 Å². The molecule has 2 heterocycles. The predicted octanol–water partition coefficient (Wildman–Crippen LogP) is 1.23. The number of rotatable bonds is 4. The van der Waals surface area contributed by atoms with Crippen molar-refractivity contribution in [2.75, 3.05) is 13.1 Å². The van der Waals surface area contributed by atoms with Crippen molar-refractivity contribution in [3.05, 3.63) is 30.1 Å². The van der Waals surface area contributed by atoms with E-state index >= 15 is 0 Å². The van der Waals surface area contributed by atoms with Gasteiger partial charge in [-0.05, 0) is 25.3 Å². The van der Waals surface area contributed by atoms with Crippen LogP contribution >= 0.6 is 0 Å². The molecular formula is C13H19N3O2S. The van der Waals surface area contributed by atoms with Crippen molar-refractivity contribution >= 4 is 10.0 Å². The van der Waals surface area contributed by atoms with Crippen molar-refractivity contribution in [1.29, 1.82) is 0 Å². The summed E-state index contributed by atoms with van der Waals surface area (Å²) in [5.74, 6) is 0. The van der Waals surface area contributed by atoms with Gasteiger partial charge in [0.15, 0.2) is 0 Å². The highest BCUT2D eigenvalue weighted by Gasteiger charge is 2.30. The number of hydrogen-bond acceptors (Lipinski definition) is 3. The maximum Gasteiger partial charge on any atom is 0.244 e. The van der Waals surface area contributed by atoms with E-state index in [9.17, 15) is 8.42 Å². The van der Waals surface area contributed by atoms with Crippen LogP contribution in [-0.4, -0.2) is 30.4 Å². The largest absolute Gasteiger partial charge is 0.346 e. The smallest absolute Gasteiger partial charge is 0.244 e. The summed E-state index contributed by atoms with van der Waals surface area (Å²) in [6, 6.07) is 2.18. The van der Waals surface area contributed by atoms with Gasteiger partial charge in [-0.2, -0.15) is 4.31 Å². The van der Waals surface area contributed by atoms with E-state index in [-0.39, 0.29) is 0 Å². The first-order chi connectivity index (χ1) is 9.13. The lowest BCUT2D eigenvalue weighted by molar-refractivity contribution is 0.437. The van der Waals surface area contributed by atoms with Gasteiger partial charge in [0, 0.05) is 37.6 Å². The molecule has 1 aliphatic heterocycles. The highest BCUT2D eigenvalue weighted by Crippen LogP contribution is 2.37. The number of hydrogen-bond donors (Lipinski definition) is 1. The van der Waals surface area contributed by atoms with E-state index in [1.54, 1.807) is 12.3 Å². The fraction of sp³-hybridized carbons (Fsp3) is 0.538. The zero-order valence-electron chi connectivity index (χ0n) is 10.8. The van der Waals surface area contributed by atoms with Crippen LogP contribution in [0.4, 0.5) is 0 Å². The molecule has 1 saturated carbocycles. The summed E-state index contributed by atoms with van der Waals surface area (Å²) in [5, 5.41) is 0. The van der Waals surface area contributed by atoms with Crippen molar-refractivity contribution in [2.24, 2.45) is 5.73 Å². The van der Waals surface area contributed by atoms with E-state index in [0.717, 1.165) is 25.0 Å². The molecule has 1 fully saturated rings. The van der Waals surface area contributed by atoms with Crippen molar-refractivity contribution < 1.29 is 8.42 Å². The van der Waals surface area contributed by atoms with Crippen LogP contribution in [-0.2, 0) is 16.6 Å². The summed E-state index contributed by atoms with van der Waals surface area (Å²) < 4.78 is 28.7. The van der Waals surface area contributed by atoms with Crippen LogP contribution in [0.15, 0.2) is 29.3 Å². The Morgan fingerprint density at radius 3 is 2.68 bits per heavy atom. The van der Waals surface area contributed by atoms with Gasteiger partial charge in [0.1, 0.15) is 4.90 Å². The third kappa shape index (κ3) is 2.35. The molecule has 0 bridgehead atoms. The zero-order valence-corrected chi connectivity index (χ0v) is 11.6. The third-order valence-corrected chi connectivity index (χ3v) is 5.55. The molecule has 19 heavy (non-hydrogen) atoms. The predicted molar refractivity (Wildman–Crippen MR) is 73.1 cm³/mol. The summed E-state index contributed by atoms with van der Waals surface area (Å²) >= 11 is 0. The van der Waals surface area contributed by atoms with Gasteiger partial charge >= 0.3 is 0 Å². The van der Waals surface area contributed by atoms with Crippen LogP contribution in [0.5, 0.6) is 0 Å². The van der Waals surface area contributed by atoms with E-state index in [0.29, 0.717) is 30.6 Å². The second-order valence-electron chi connectivity index (χ2n) is 5.13. The van der Waals surface area contributed by atoms with Crippen LogP contribution in [0.3, 0.4) is 0 Å². The SMILES string of the molecule is NCc1cc(S(=O)(=O)N2CC=CCC2)cn1C1CC1. The molecule has 0 radical (unpaired) electrons. The summed E-state index contributed by atoms with van der Waals surface area (Å²) in [6.45, 7) is 1.41. The molecule has 1 aromatic heterocycles. The molecule has 6 heteroatoms. The minimum absolute atomic E-state index is 0.381. The Balaban J connectivity index is 1.94. The third-order valence-electron chi connectivity index (χ3n) is 3.71. The number of nitrogens with two attached hydrogens (primary N) is 1. The average Bonchev–Trinajstić information content (AvgIpc) is 3.18. The molecule has 0 atom stereocenters. The summed E-state index contributed by atoms with van der Waals surface area (Å²) in [4.78, 5) is 0.384. The quantitative estimate of drug-likeness (QED) is 0.844. The molecule has 1 aliphatic carbocycles. The Morgan fingerprint density at radius 1 is 1.32 bits per heavy atom. The zero-order chi connectivity index (χ0) is 13.5. The van der Waals surface area contributed by atoms with Crippen LogP contribution in [0.1, 0.15) is 31.0 Å². The highest BCUT2D eigenvalue weighted by molar-refractivity contribution is 7.89. The number of nitrogens with zero attached hydrogens (tertiary/aromatic N) is 2. The van der Waals surface area contributed by atoms with Crippen LogP contribution < -0.4 is 5.73 Å². The van der Waals surface area contributed by atoms with E-state index in [1.807, 2.05) is 16.7 Å². The molecule has 104 valence electrons. The van der Waals surface area contributed by atoms with Crippen molar-refractivity contribution in [1.82, 2.24) is 8.87 Å². The van der Waals surface area contributed by atoms with Gasteiger partial charge in [-0.1, -0.05) is 12.2 Å². The Bertz CT molecular complexity index is 599. The van der Waals surface area contributed by atoms with Crippen LogP contribution in [0.2, 0.25) is 0 Å². The Kier molecular flexibility index (Phi) is 3.24. The minimum Gasteiger partial charge on any atom is -0.346 e. The topological polar surface area (TPSA) is 68.3 Å². The minimum atomic E-state index is -3.37. The maximum atomic E-state index is 12.5. The molecule has 0 unspecified atom stereocenters. The van der Waals surface area contributed by atoms with Crippen molar-refractivity contribution in [3.8, 4) is 0 Å². The standard InChI is InChI=1S/C13H19N3O2S/c14-9-12-8-13(10-16(12)11-4-5-11)19(17,18)15-6-2-1-3-7-15/h1-2,8,10-11H,3-7,9,14H2. The fourth-order valence-electron chi connectivity index (χ4n) is 2.48.